The van der Waals surface area contributed by atoms with Crippen LogP contribution in [0.15, 0.2) is 23.3 Å². The number of hydrogen-bond acceptors (Lipinski definition) is 0. The highest BCUT2D eigenvalue weighted by Gasteiger charge is 2.42. The molecule has 0 amide bonds. The summed E-state index contributed by atoms with van der Waals surface area (Å²) in [5.74, 6) is 3.79. The van der Waals surface area contributed by atoms with Gasteiger partial charge in [0.25, 0.3) is 0 Å². The van der Waals surface area contributed by atoms with E-state index < -0.39 is 0 Å². The highest BCUT2D eigenvalue weighted by molar-refractivity contribution is 9.09. The Morgan fingerprint density at radius 2 is 1.48 bits per heavy atom. The first-order valence-corrected chi connectivity index (χ1v) is 10.3. The van der Waals surface area contributed by atoms with Gasteiger partial charge in [-0.15, -0.1) is 0 Å². The van der Waals surface area contributed by atoms with Gasteiger partial charge in [-0.25, -0.2) is 0 Å². The average molecular weight is 349 g/mol. The lowest BCUT2D eigenvalue weighted by atomic mass is 9.57. The molecule has 0 heterocycles. The van der Waals surface area contributed by atoms with Crippen LogP contribution in [0, 0.1) is 23.7 Å². The molecule has 0 saturated heterocycles. The van der Waals surface area contributed by atoms with Crippen molar-refractivity contribution in [1.82, 2.24) is 0 Å². The van der Waals surface area contributed by atoms with Crippen LogP contribution in [0.25, 0.3) is 0 Å². The minimum atomic E-state index is 0.644. The van der Waals surface area contributed by atoms with Crippen LogP contribution in [0.2, 0.25) is 0 Å². The summed E-state index contributed by atoms with van der Waals surface area (Å²) in [6.07, 6.45) is 21.3. The highest BCUT2D eigenvalue weighted by Crippen LogP contribution is 2.53. The number of fused-ring (bicyclic) bond motifs is 3. The zero-order valence-electron chi connectivity index (χ0n) is 13.2. The first kappa shape index (κ1) is 14.5. The summed E-state index contributed by atoms with van der Waals surface area (Å²) >= 11 is 3.86. The summed E-state index contributed by atoms with van der Waals surface area (Å²) in [5.41, 5.74) is 3.66. The zero-order chi connectivity index (χ0) is 14.2. The van der Waals surface area contributed by atoms with Gasteiger partial charge in [-0.3, -0.25) is 0 Å². The van der Waals surface area contributed by atoms with Crippen molar-refractivity contribution >= 4 is 15.9 Å². The lowest BCUT2D eigenvalue weighted by Gasteiger charge is -2.48. The molecule has 1 heteroatoms. The number of hydrogen-bond donors (Lipinski definition) is 0. The second-order valence-corrected chi connectivity index (χ2v) is 9.06. The molecule has 0 nitrogen and oxygen atoms in total. The van der Waals surface area contributed by atoms with Gasteiger partial charge in [-0.1, -0.05) is 58.5 Å². The Bertz CT molecular complexity index is 447. The highest BCUT2D eigenvalue weighted by atomic mass is 79.9. The molecule has 0 bridgehead atoms. The van der Waals surface area contributed by atoms with E-state index in [1.807, 2.05) is 5.57 Å². The molecule has 0 radical (unpaired) electrons. The Morgan fingerprint density at radius 1 is 0.714 bits per heavy atom. The summed E-state index contributed by atoms with van der Waals surface area (Å²) < 4.78 is 0. The molecule has 4 aliphatic carbocycles. The van der Waals surface area contributed by atoms with Crippen molar-refractivity contribution in [3.05, 3.63) is 23.3 Å². The van der Waals surface area contributed by atoms with Crippen molar-refractivity contribution in [3.8, 4) is 0 Å². The van der Waals surface area contributed by atoms with Crippen LogP contribution in [0.5, 0.6) is 0 Å². The molecule has 116 valence electrons. The van der Waals surface area contributed by atoms with Crippen molar-refractivity contribution in [2.24, 2.45) is 23.7 Å². The molecule has 0 spiro atoms. The van der Waals surface area contributed by atoms with E-state index in [0.29, 0.717) is 4.83 Å². The third kappa shape index (κ3) is 2.80. The Labute approximate surface area is 138 Å². The predicted octanol–water partition coefficient (Wildman–Crippen LogP) is 6.41. The van der Waals surface area contributed by atoms with Gasteiger partial charge in [0.1, 0.15) is 0 Å². The summed E-state index contributed by atoms with van der Waals surface area (Å²) in [6.45, 7) is 0. The maximum absolute atomic E-state index is 3.86. The maximum atomic E-state index is 3.86. The van der Waals surface area contributed by atoms with Crippen molar-refractivity contribution in [1.29, 1.82) is 0 Å². The van der Waals surface area contributed by atoms with E-state index in [4.69, 9.17) is 0 Å². The van der Waals surface area contributed by atoms with E-state index in [1.54, 1.807) is 5.57 Å². The van der Waals surface area contributed by atoms with Crippen molar-refractivity contribution in [2.45, 2.75) is 75.5 Å². The van der Waals surface area contributed by atoms with Crippen molar-refractivity contribution in [2.75, 3.05) is 0 Å². The molecule has 2 saturated carbocycles. The minimum absolute atomic E-state index is 0.644. The van der Waals surface area contributed by atoms with Gasteiger partial charge in [-0.2, -0.15) is 0 Å². The van der Waals surface area contributed by atoms with E-state index in [2.05, 4.69) is 28.1 Å². The second kappa shape index (κ2) is 6.22. The summed E-state index contributed by atoms with van der Waals surface area (Å²) in [4.78, 5) is 0.644. The summed E-state index contributed by atoms with van der Waals surface area (Å²) in [6, 6.07) is 0. The average Bonchev–Trinajstić information content (AvgIpc) is 2.54. The summed E-state index contributed by atoms with van der Waals surface area (Å²) in [5, 5.41) is 0. The zero-order valence-corrected chi connectivity index (χ0v) is 14.8. The fourth-order valence-electron chi connectivity index (χ4n) is 5.81. The Hall–Kier alpha value is -0.0400. The summed E-state index contributed by atoms with van der Waals surface area (Å²) in [7, 11) is 0. The van der Waals surface area contributed by atoms with Crippen LogP contribution in [0.1, 0.15) is 70.6 Å². The van der Waals surface area contributed by atoms with Crippen LogP contribution in [-0.2, 0) is 0 Å². The SMILES string of the molecule is BrC1C=C(C2C=C3CCCCC3C3CCCCC23)CCC1. The molecular formula is C20H29Br. The smallest absolute Gasteiger partial charge is 0.0328 e. The third-order valence-electron chi connectivity index (χ3n) is 6.72. The minimum Gasteiger partial charge on any atom is -0.0845 e. The number of alkyl halides is 1. The van der Waals surface area contributed by atoms with Crippen LogP contribution >= 0.6 is 15.9 Å². The third-order valence-corrected chi connectivity index (χ3v) is 7.44. The Morgan fingerprint density at radius 3 is 2.33 bits per heavy atom. The van der Waals surface area contributed by atoms with Crippen LogP contribution in [-0.4, -0.2) is 4.83 Å². The lowest BCUT2D eigenvalue weighted by Crippen LogP contribution is -2.38. The molecule has 5 atom stereocenters. The molecule has 4 rings (SSSR count). The van der Waals surface area contributed by atoms with Crippen LogP contribution in [0.4, 0.5) is 0 Å². The molecule has 21 heavy (non-hydrogen) atoms. The maximum Gasteiger partial charge on any atom is 0.0328 e. The molecule has 4 aliphatic rings. The van der Waals surface area contributed by atoms with Gasteiger partial charge in [0.2, 0.25) is 0 Å². The lowest BCUT2D eigenvalue weighted by molar-refractivity contribution is 0.118. The first-order chi connectivity index (χ1) is 10.3. The van der Waals surface area contributed by atoms with E-state index in [9.17, 15) is 0 Å². The van der Waals surface area contributed by atoms with E-state index in [0.717, 1.165) is 23.7 Å². The van der Waals surface area contributed by atoms with Gasteiger partial charge in [0.15, 0.2) is 0 Å². The molecule has 0 aromatic rings. The molecule has 0 aromatic carbocycles. The molecular weight excluding hydrogens is 320 g/mol. The Kier molecular flexibility index (Phi) is 4.31. The van der Waals surface area contributed by atoms with Crippen LogP contribution < -0.4 is 0 Å². The standard InChI is InChI=1S/C20H29Br/c21-16-8-5-7-14(12-16)20-13-15-6-1-2-9-17(15)18-10-3-4-11-19(18)20/h12-13,16-20H,1-11H2. The topological polar surface area (TPSA) is 0 Å². The number of rotatable bonds is 1. The van der Waals surface area contributed by atoms with E-state index >= 15 is 0 Å². The normalized spacial score (nSPS) is 43.4. The quantitative estimate of drug-likeness (QED) is 0.379. The molecule has 0 N–H and O–H groups in total. The van der Waals surface area contributed by atoms with E-state index in [1.165, 1.54) is 70.6 Å². The Balaban J connectivity index is 1.67. The van der Waals surface area contributed by atoms with Gasteiger partial charge >= 0.3 is 0 Å². The first-order valence-electron chi connectivity index (χ1n) is 9.38. The number of allylic oxidation sites excluding steroid dienone is 4. The molecule has 5 unspecified atom stereocenters. The van der Waals surface area contributed by atoms with E-state index in [-0.39, 0.29) is 0 Å². The van der Waals surface area contributed by atoms with Gasteiger partial charge < -0.3 is 0 Å². The molecule has 2 fully saturated rings. The van der Waals surface area contributed by atoms with Crippen molar-refractivity contribution in [3.63, 3.8) is 0 Å². The van der Waals surface area contributed by atoms with Gasteiger partial charge in [0.05, 0.1) is 0 Å². The van der Waals surface area contributed by atoms with Crippen LogP contribution in [0.3, 0.4) is 0 Å². The number of halogens is 1. The monoisotopic (exact) mass is 348 g/mol. The molecule has 0 aromatic heterocycles. The fraction of sp³-hybridized carbons (Fsp3) is 0.800. The second-order valence-electron chi connectivity index (χ2n) is 7.88. The molecule has 0 aliphatic heterocycles. The van der Waals surface area contributed by atoms with Gasteiger partial charge in [0, 0.05) is 10.7 Å². The van der Waals surface area contributed by atoms with Crippen molar-refractivity contribution < 1.29 is 0 Å². The largest absolute Gasteiger partial charge is 0.0845 e. The fourth-order valence-corrected chi connectivity index (χ4v) is 6.47. The van der Waals surface area contributed by atoms with Gasteiger partial charge in [-0.05, 0) is 69.1 Å². The predicted molar refractivity (Wildman–Crippen MR) is 93.6 cm³/mol.